The van der Waals surface area contributed by atoms with E-state index in [0.29, 0.717) is 30.6 Å². The number of aromatic nitrogens is 2. The number of carbonyl (C=O) groups is 2. The number of aromatic amines is 1. The average molecular weight is 481 g/mol. The fraction of sp³-hybridized carbons (Fsp3) is 0.714. The van der Waals surface area contributed by atoms with Crippen molar-refractivity contribution in [3.8, 4) is 0 Å². The Bertz CT molecular complexity index is 1020. The predicted octanol–water partition coefficient (Wildman–Crippen LogP) is 4.61. The zero-order valence-electron chi connectivity index (χ0n) is 21.4. The van der Waals surface area contributed by atoms with E-state index in [2.05, 4.69) is 40.4 Å². The molecule has 2 N–H and O–H groups in total. The van der Waals surface area contributed by atoms with Gasteiger partial charge in [-0.15, -0.1) is 0 Å². The van der Waals surface area contributed by atoms with E-state index in [1.54, 1.807) is 12.5 Å². The van der Waals surface area contributed by atoms with Crippen LogP contribution in [0.25, 0.3) is 0 Å². The molecule has 0 saturated heterocycles. The van der Waals surface area contributed by atoms with E-state index in [0.717, 1.165) is 43.0 Å². The van der Waals surface area contributed by atoms with Crippen molar-refractivity contribution in [2.45, 2.75) is 78.6 Å². The average Bonchev–Trinajstić information content (AvgIpc) is 3.46. The van der Waals surface area contributed by atoms with E-state index in [1.165, 1.54) is 31.3 Å². The van der Waals surface area contributed by atoms with Crippen LogP contribution in [0.5, 0.6) is 0 Å². The summed E-state index contributed by atoms with van der Waals surface area (Å²) < 4.78 is 0. The van der Waals surface area contributed by atoms with Gasteiger partial charge >= 0.3 is 0 Å². The minimum absolute atomic E-state index is 0.0603. The zero-order valence-corrected chi connectivity index (χ0v) is 21.4. The number of carbonyl (C=O) groups excluding carboxylic acids is 2. The molecule has 3 fully saturated rings. The van der Waals surface area contributed by atoms with Crippen LogP contribution in [0.4, 0.5) is 0 Å². The summed E-state index contributed by atoms with van der Waals surface area (Å²) in [5.74, 6) is 2.64. The molecule has 4 aliphatic rings. The molecule has 0 spiro atoms. The third-order valence-corrected chi connectivity index (χ3v) is 10.1. The second-order valence-electron chi connectivity index (χ2n) is 11.8. The Morgan fingerprint density at radius 1 is 1.17 bits per heavy atom. The van der Waals surface area contributed by atoms with Crippen LogP contribution >= 0.6 is 0 Å². The zero-order chi connectivity index (χ0) is 24.6. The molecule has 7 nitrogen and oxygen atoms in total. The van der Waals surface area contributed by atoms with Gasteiger partial charge in [-0.25, -0.2) is 4.98 Å². The van der Waals surface area contributed by atoms with E-state index in [-0.39, 0.29) is 29.3 Å². The topological polar surface area (TPSA) is 96.4 Å². The van der Waals surface area contributed by atoms with Crippen LogP contribution in [0.1, 0.15) is 77.8 Å². The SMILES string of the molecule is CC(=O)[C@@H]1CC[C@@H]2[C@H]3CCC4=CC(=NOCC(=O)NCCc5cnc[nH]5)CC[C@]4(C)[C@@H]3CC[C@@]21C. The molecule has 3 saturated carbocycles. The molecule has 1 aromatic rings. The first-order chi connectivity index (χ1) is 16.8. The van der Waals surface area contributed by atoms with Gasteiger partial charge in [0, 0.05) is 30.8 Å². The number of rotatable bonds is 7. The van der Waals surface area contributed by atoms with Crippen molar-refractivity contribution < 1.29 is 14.4 Å². The number of hydrogen-bond acceptors (Lipinski definition) is 5. The first-order valence-electron chi connectivity index (χ1n) is 13.5. The van der Waals surface area contributed by atoms with E-state index >= 15 is 0 Å². The Kier molecular flexibility index (Phi) is 6.62. The van der Waals surface area contributed by atoms with Crippen LogP contribution in [-0.4, -0.2) is 40.5 Å². The number of nitrogens with one attached hydrogen (secondary N) is 2. The summed E-state index contributed by atoms with van der Waals surface area (Å²) >= 11 is 0. The van der Waals surface area contributed by atoms with Crippen LogP contribution in [-0.2, 0) is 20.8 Å². The van der Waals surface area contributed by atoms with Gasteiger partial charge in [0.05, 0.1) is 12.0 Å². The molecule has 1 aromatic heterocycles. The van der Waals surface area contributed by atoms with Gasteiger partial charge in [0.1, 0.15) is 5.78 Å². The van der Waals surface area contributed by atoms with E-state index in [4.69, 9.17) is 4.84 Å². The summed E-state index contributed by atoms with van der Waals surface area (Å²) in [5.41, 5.74) is 3.90. The van der Waals surface area contributed by atoms with E-state index < -0.39 is 0 Å². The van der Waals surface area contributed by atoms with Gasteiger partial charge in [-0.2, -0.15) is 0 Å². The Labute approximate surface area is 208 Å². The monoisotopic (exact) mass is 480 g/mol. The number of hydrogen-bond donors (Lipinski definition) is 2. The summed E-state index contributed by atoms with van der Waals surface area (Å²) in [6.45, 7) is 7.17. The molecule has 0 bridgehead atoms. The lowest BCUT2D eigenvalue weighted by molar-refractivity contribution is -0.128. The quantitative estimate of drug-likeness (QED) is 0.557. The fourth-order valence-corrected chi connectivity index (χ4v) is 8.29. The number of allylic oxidation sites excluding steroid dienone is 2. The van der Waals surface area contributed by atoms with Crippen LogP contribution in [0.3, 0.4) is 0 Å². The molecule has 1 amide bonds. The number of oxime groups is 1. The van der Waals surface area contributed by atoms with Gasteiger partial charge < -0.3 is 15.1 Å². The third kappa shape index (κ3) is 4.47. The number of fused-ring (bicyclic) bond motifs is 5. The Balaban J connectivity index is 1.18. The number of imidazole rings is 1. The van der Waals surface area contributed by atoms with Gasteiger partial charge in [0.2, 0.25) is 0 Å². The lowest BCUT2D eigenvalue weighted by Gasteiger charge is -2.58. The predicted molar refractivity (Wildman–Crippen MR) is 135 cm³/mol. The molecular formula is C28H40N4O3. The number of amides is 1. The standard InChI is InChI=1S/C28H40N4O3/c1-18(33)23-6-7-24-22-5-4-19-14-20(8-11-27(19,2)25(22)9-12-28(23,24)3)32-35-16-26(34)30-13-10-21-15-29-17-31-21/h14-15,17,22-25H,4-13,16H2,1-3H3,(H,29,31)(H,30,34)/t22-,23+,24-,25-,27+,28-/m1/s1. The Morgan fingerprint density at radius 2 is 2.03 bits per heavy atom. The van der Waals surface area contributed by atoms with E-state index in [9.17, 15) is 9.59 Å². The maximum absolute atomic E-state index is 12.4. The van der Waals surface area contributed by atoms with Crippen molar-refractivity contribution in [3.63, 3.8) is 0 Å². The molecule has 7 heteroatoms. The van der Waals surface area contributed by atoms with Gasteiger partial charge in [-0.1, -0.05) is 24.6 Å². The van der Waals surface area contributed by atoms with Gasteiger partial charge in [-0.05, 0) is 93.0 Å². The van der Waals surface area contributed by atoms with Gasteiger partial charge in [-0.3, -0.25) is 9.59 Å². The number of Topliss-reactive ketones (excluding diaryl/α,β-unsaturated/α-hetero) is 1. The number of ketones is 1. The highest BCUT2D eigenvalue weighted by molar-refractivity contribution is 5.96. The third-order valence-electron chi connectivity index (χ3n) is 10.1. The van der Waals surface area contributed by atoms with Crippen molar-refractivity contribution in [1.82, 2.24) is 15.3 Å². The molecule has 190 valence electrons. The minimum atomic E-state index is -0.159. The molecule has 1 heterocycles. The summed E-state index contributed by atoms with van der Waals surface area (Å²) in [7, 11) is 0. The van der Waals surface area contributed by atoms with Crippen molar-refractivity contribution >= 4 is 17.4 Å². The fourth-order valence-electron chi connectivity index (χ4n) is 8.29. The summed E-state index contributed by atoms with van der Waals surface area (Å²) in [6.07, 6.45) is 15.4. The minimum Gasteiger partial charge on any atom is -0.385 e. The van der Waals surface area contributed by atoms with Gasteiger partial charge in [0.25, 0.3) is 5.91 Å². The van der Waals surface area contributed by atoms with Crippen LogP contribution < -0.4 is 5.32 Å². The number of H-pyrrole nitrogens is 1. The highest BCUT2D eigenvalue weighted by Crippen LogP contribution is 2.66. The molecule has 0 radical (unpaired) electrons. The maximum atomic E-state index is 12.4. The maximum Gasteiger partial charge on any atom is 0.260 e. The van der Waals surface area contributed by atoms with Crippen molar-refractivity contribution in [1.29, 1.82) is 0 Å². The first kappa shape index (κ1) is 24.3. The normalized spacial score (nSPS) is 37.1. The van der Waals surface area contributed by atoms with Crippen LogP contribution in [0.15, 0.2) is 29.3 Å². The molecule has 35 heavy (non-hydrogen) atoms. The summed E-state index contributed by atoms with van der Waals surface area (Å²) in [4.78, 5) is 36.8. The molecule has 0 aliphatic heterocycles. The van der Waals surface area contributed by atoms with Crippen molar-refractivity contribution in [2.75, 3.05) is 13.2 Å². The highest BCUT2D eigenvalue weighted by Gasteiger charge is 2.59. The molecule has 5 rings (SSSR count). The highest BCUT2D eigenvalue weighted by atomic mass is 16.6. The number of nitrogens with zero attached hydrogens (tertiary/aromatic N) is 2. The lowest BCUT2D eigenvalue weighted by Crippen LogP contribution is -2.51. The molecule has 0 aromatic carbocycles. The Morgan fingerprint density at radius 3 is 2.80 bits per heavy atom. The Hall–Kier alpha value is -2.44. The smallest absolute Gasteiger partial charge is 0.260 e. The molecule has 6 atom stereocenters. The lowest BCUT2D eigenvalue weighted by atomic mass is 9.46. The van der Waals surface area contributed by atoms with E-state index in [1.807, 2.05) is 6.92 Å². The van der Waals surface area contributed by atoms with Crippen molar-refractivity contribution in [3.05, 3.63) is 29.9 Å². The van der Waals surface area contributed by atoms with Crippen molar-refractivity contribution in [2.24, 2.45) is 39.7 Å². The van der Waals surface area contributed by atoms with Crippen LogP contribution in [0.2, 0.25) is 0 Å². The summed E-state index contributed by atoms with van der Waals surface area (Å²) in [6, 6.07) is 0. The first-order valence-corrected chi connectivity index (χ1v) is 13.5. The molecule has 4 aliphatic carbocycles. The molecule has 0 unspecified atom stereocenters. The second kappa shape index (κ2) is 9.55. The second-order valence-corrected chi connectivity index (χ2v) is 11.8. The molecular weight excluding hydrogens is 440 g/mol. The summed E-state index contributed by atoms with van der Waals surface area (Å²) in [5, 5.41) is 7.18. The largest absolute Gasteiger partial charge is 0.385 e. The van der Waals surface area contributed by atoms with Gasteiger partial charge in [0.15, 0.2) is 6.61 Å². The van der Waals surface area contributed by atoms with Crippen LogP contribution in [0, 0.1) is 34.5 Å².